The first-order valence-electron chi connectivity index (χ1n) is 5.31. The van der Waals surface area contributed by atoms with Crippen LogP contribution in [0.4, 0.5) is 0 Å². The van der Waals surface area contributed by atoms with Gasteiger partial charge in [-0.2, -0.15) is 0 Å². The van der Waals surface area contributed by atoms with Gasteiger partial charge in [-0.15, -0.1) is 0 Å². The molecule has 1 N–H and O–H groups in total. The molecule has 0 saturated carbocycles. The standard InChI is InChI=1S/C12H17BrClNO/c1-8(2)12(7-15-3)16-11-6-9(13)4-5-10(11)14/h4-6,8,12,15H,7H2,1-3H3. The van der Waals surface area contributed by atoms with Crippen LogP contribution in [0.2, 0.25) is 5.02 Å². The van der Waals surface area contributed by atoms with Crippen LogP contribution in [0.15, 0.2) is 22.7 Å². The second-order valence-corrected chi connectivity index (χ2v) is 5.36. The topological polar surface area (TPSA) is 21.3 Å². The van der Waals surface area contributed by atoms with Crippen LogP contribution in [0.3, 0.4) is 0 Å². The summed E-state index contributed by atoms with van der Waals surface area (Å²) in [6.45, 7) is 5.07. The lowest BCUT2D eigenvalue weighted by atomic mass is 10.1. The van der Waals surface area contributed by atoms with Gasteiger partial charge in [0.05, 0.1) is 5.02 Å². The van der Waals surface area contributed by atoms with Crippen LogP contribution >= 0.6 is 27.5 Å². The van der Waals surface area contributed by atoms with E-state index in [4.69, 9.17) is 16.3 Å². The maximum Gasteiger partial charge on any atom is 0.139 e. The molecule has 4 heteroatoms. The van der Waals surface area contributed by atoms with Crippen molar-refractivity contribution in [1.82, 2.24) is 5.32 Å². The van der Waals surface area contributed by atoms with E-state index in [2.05, 4.69) is 35.1 Å². The van der Waals surface area contributed by atoms with Gasteiger partial charge in [-0.25, -0.2) is 0 Å². The van der Waals surface area contributed by atoms with Crippen LogP contribution < -0.4 is 10.1 Å². The third-order valence-electron chi connectivity index (χ3n) is 2.32. The van der Waals surface area contributed by atoms with E-state index in [1.54, 1.807) is 0 Å². The van der Waals surface area contributed by atoms with E-state index < -0.39 is 0 Å². The highest BCUT2D eigenvalue weighted by Gasteiger charge is 2.15. The van der Waals surface area contributed by atoms with E-state index in [1.807, 2.05) is 25.2 Å². The van der Waals surface area contributed by atoms with Crippen LogP contribution in [-0.2, 0) is 0 Å². The Kier molecular flexibility index (Phi) is 5.59. The first-order chi connectivity index (χ1) is 7.54. The molecule has 0 aliphatic carbocycles. The Hall–Kier alpha value is -0.250. The number of hydrogen-bond donors (Lipinski definition) is 1. The van der Waals surface area contributed by atoms with Crippen molar-refractivity contribution in [2.24, 2.45) is 5.92 Å². The minimum absolute atomic E-state index is 0.122. The molecule has 1 rings (SSSR count). The largest absolute Gasteiger partial charge is 0.487 e. The lowest BCUT2D eigenvalue weighted by Gasteiger charge is -2.23. The highest BCUT2D eigenvalue weighted by atomic mass is 79.9. The van der Waals surface area contributed by atoms with Gasteiger partial charge in [-0.05, 0) is 31.2 Å². The summed E-state index contributed by atoms with van der Waals surface area (Å²) in [5, 5.41) is 3.77. The molecular formula is C12H17BrClNO. The number of likely N-dealkylation sites (N-methyl/N-ethyl adjacent to an activating group) is 1. The maximum absolute atomic E-state index is 6.08. The third kappa shape index (κ3) is 3.96. The number of rotatable bonds is 5. The highest BCUT2D eigenvalue weighted by molar-refractivity contribution is 9.10. The number of ether oxygens (including phenoxy) is 1. The molecule has 0 aromatic heterocycles. The molecule has 1 aromatic rings. The Balaban J connectivity index is 2.80. The second kappa shape index (κ2) is 6.48. The van der Waals surface area contributed by atoms with Crippen molar-refractivity contribution in [1.29, 1.82) is 0 Å². The second-order valence-electron chi connectivity index (χ2n) is 4.03. The van der Waals surface area contributed by atoms with E-state index in [0.717, 1.165) is 16.8 Å². The molecule has 0 fully saturated rings. The van der Waals surface area contributed by atoms with Gasteiger partial charge in [0.25, 0.3) is 0 Å². The minimum Gasteiger partial charge on any atom is -0.487 e. The molecule has 0 amide bonds. The van der Waals surface area contributed by atoms with Crippen LogP contribution in [-0.4, -0.2) is 19.7 Å². The van der Waals surface area contributed by atoms with Gasteiger partial charge < -0.3 is 10.1 Å². The number of halogens is 2. The monoisotopic (exact) mass is 305 g/mol. The molecule has 1 aromatic carbocycles. The van der Waals surface area contributed by atoms with Crippen LogP contribution in [0.25, 0.3) is 0 Å². The summed E-state index contributed by atoms with van der Waals surface area (Å²) in [6.07, 6.45) is 0.122. The summed E-state index contributed by atoms with van der Waals surface area (Å²) < 4.78 is 6.87. The first kappa shape index (κ1) is 13.8. The number of hydrogen-bond acceptors (Lipinski definition) is 2. The quantitative estimate of drug-likeness (QED) is 0.895. The molecule has 0 bridgehead atoms. The first-order valence-corrected chi connectivity index (χ1v) is 6.48. The SMILES string of the molecule is CNCC(Oc1cc(Br)ccc1Cl)C(C)C. The van der Waals surface area contributed by atoms with E-state index in [-0.39, 0.29) is 6.10 Å². The van der Waals surface area contributed by atoms with E-state index in [9.17, 15) is 0 Å². The summed E-state index contributed by atoms with van der Waals surface area (Å²) in [6, 6.07) is 5.63. The van der Waals surface area contributed by atoms with Gasteiger partial charge in [0, 0.05) is 11.0 Å². The van der Waals surface area contributed by atoms with E-state index >= 15 is 0 Å². The highest BCUT2D eigenvalue weighted by Crippen LogP contribution is 2.29. The van der Waals surface area contributed by atoms with Crippen molar-refractivity contribution >= 4 is 27.5 Å². The third-order valence-corrected chi connectivity index (χ3v) is 3.13. The zero-order chi connectivity index (χ0) is 12.1. The molecule has 0 aliphatic heterocycles. The predicted octanol–water partition coefficient (Wildman–Crippen LogP) is 3.73. The van der Waals surface area contributed by atoms with Crippen molar-refractivity contribution < 1.29 is 4.74 Å². The van der Waals surface area contributed by atoms with Gasteiger partial charge >= 0.3 is 0 Å². The summed E-state index contributed by atoms with van der Waals surface area (Å²) in [4.78, 5) is 0. The summed E-state index contributed by atoms with van der Waals surface area (Å²) >= 11 is 9.49. The van der Waals surface area contributed by atoms with Gasteiger partial charge in [0.2, 0.25) is 0 Å². The van der Waals surface area contributed by atoms with Crippen molar-refractivity contribution in [3.05, 3.63) is 27.7 Å². The van der Waals surface area contributed by atoms with Crippen LogP contribution in [0.1, 0.15) is 13.8 Å². The number of nitrogens with one attached hydrogen (secondary N) is 1. The van der Waals surface area contributed by atoms with E-state index in [0.29, 0.717) is 10.9 Å². The van der Waals surface area contributed by atoms with Crippen molar-refractivity contribution in [2.45, 2.75) is 20.0 Å². The molecule has 1 atom stereocenters. The summed E-state index contributed by atoms with van der Waals surface area (Å²) in [5.41, 5.74) is 0. The normalized spacial score (nSPS) is 12.9. The van der Waals surface area contributed by atoms with Crippen molar-refractivity contribution in [3.8, 4) is 5.75 Å². The average Bonchev–Trinajstić information content (AvgIpc) is 2.22. The smallest absolute Gasteiger partial charge is 0.139 e. The Morgan fingerprint density at radius 1 is 1.44 bits per heavy atom. The fourth-order valence-electron chi connectivity index (χ4n) is 1.35. The molecule has 1 unspecified atom stereocenters. The predicted molar refractivity (Wildman–Crippen MR) is 72.3 cm³/mol. The van der Waals surface area contributed by atoms with Crippen molar-refractivity contribution in [3.63, 3.8) is 0 Å². The van der Waals surface area contributed by atoms with E-state index in [1.165, 1.54) is 0 Å². The Morgan fingerprint density at radius 3 is 2.69 bits per heavy atom. The van der Waals surface area contributed by atoms with Crippen LogP contribution in [0.5, 0.6) is 5.75 Å². The Labute approximate surface area is 110 Å². The molecule has 0 spiro atoms. The Bertz CT molecular complexity index is 344. The summed E-state index contributed by atoms with van der Waals surface area (Å²) in [5.74, 6) is 1.16. The van der Waals surface area contributed by atoms with Crippen molar-refractivity contribution in [2.75, 3.05) is 13.6 Å². The minimum atomic E-state index is 0.122. The number of benzene rings is 1. The summed E-state index contributed by atoms with van der Waals surface area (Å²) in [7, 11) is 1.92. The molecule has 90 valence electrons. The molecule has 0 heterocycles. The van der Waals surface area contributed by atoms with Gasteiger partial charge in [0.1, 0.15) is 11.9 Å². The molecule has 0 saturated heterocycles. The van der Waals surface area contributed by atoms with Gasteiger partial charge in [-0.3, -0.25) is 0 Å². The molecule has 0 radical (unpaired) electrons. The zero-order valence-electron chi connectivity index (χ0n) is 9.76. The molecular weight excluding hydrogens is 289 g/mol. The zero-order valence-corrected chi connectivity index (χ0v) is 12.1. The lowest BCUT2D eigenvalue weighted by molar-refractivity contribution is 0.151. The maximum atomic E-state index is 6.08. The Morgan fingerprint density at radius 2 is 2.12 bits per heavy atom. The molecule has 2 nitrogen and oxygen atoms in total. The fraction of sp³-hybridized carbons (Fsp3) is 0.500. The average molecular weight is 307 g/mol. The van der Waals surface area contributed by atoms with Gasteiger partial charge in [0.15, 0.2) is 0 Å². The molecule has 16 heavy (non-hydrogen) atoms. The van der Waals surface area contributed by atoms with Gasteiger partial charge in [-0.1, -0.05) is 41.4 Å². The lowest BCUT2D eigenvalue weighted by Crippen LogP contribution is -2.33. The molecule has 0 aliphatic rings. The fourth-order valence-corrected chi connectivity index (χ4v) is 1.85. The van der Waals surface area contributed by atoms with Crippen LogP contribution in [0, 0.1) is 5.92 Å².